The molecule has 220 valence electrons. The van der Waals surface area contributed by atoms with E-state index in [1.54, 1.807) is 6.07 Å². The van der Waals surface area contributed by atoms with Crippen molar-refractivity contribution in [1.82, 2.24) is 20.1 Å². The van der Waals surface area contributed by atoms with Crippen molar-refractivity contribution < 1.29 is 13.9 Å². The SMILES string of the molecule is C=C1N(c2cccc(-c3ccc(OCCN(C)C)cc3)c2)c2ncc(F)cc2/C(=C\CC)N1C1CCC(NC=O)CC1. The van der Waals surface area contributed by atoms with Crippen LogP contribution >= 0.6 is 0 Å². The van der Waals surface area contributed by atoms with Gasteiger partial charge in [0.25, 0.3) is 0 Å². The van der Waals surface area contributed by atoms with E-state index in [4.69, 9.17) is 4.74 Å². The van der Waals surface area contributed by atoms with E-state index in [2.05, 4.69) is 63.9 Å². The average Bonchev–Trinajstić information content (AvgIpc) is 2.99. The first-order valence-corrected chi connectivity index (χ1v) is 14.7. The number of fused-ring (bicyclic) bond motifs is 1. The highest BCUT2D eigenvalue weighted by Gasteiger charge is 2.37. The largest absolute Gasteiger partial charge is 0.492 e. The van der Waals surface area contributed by atoms with Crippen molar-refractivity contribution in [3.05, 3.63) is 90.7 Å². The molecule has 0 unspecified atom stereocenters. The fraction of sp³-hybridized carbons (Fsp3) is 0.353. The van der Waals surface area contributed by atoms with Crippen molar-refractivity contribution in [1.29, 1.82) is 0 Å². The van der Waals surface area contributed by atoms with E-state index in [1.165, 1.54) is 6.20 Å². The van der Waals surface area contributed by atoms with Crippen molar-refractivity contribution in [3.63, 3.8) is 0 Å². The second-order valence-electron chi connectivity index (χ2n) is 11.2. The summed E-state index contributed by atoms with van der Waals surface area (Å²) in [6.07, 6.45) is 8.53. The molecule has 1 N–H and O–H groups in total. The van der Waals surface area contributed by atoms with Crippen LogP contribution in [0.25, 0.3) is 16.8 Å². The standard InChI is InChI=1S/C34H40FN5O2/c1-5-7-33-32-21-27(35)22-36-34(32)40(24(2)39(33)29-14-12-28(13-15-29)37-23-41)30-9-6-8-26(20-30)25-10-16-31(17-11-25)42-19-18-38(3)4/h6-11,16-17,20-23,28-29H,2,5,12-15,18-19H2,1,3-4H3,(H,37,41)/b33-7+. The molecule has 1 aliphatic carbocycles. The summed E-state index contributed by atoms with van der Waals surface area (Å²) >= 11 is 0. The Morgan fingerprint density at radius 1 is 1.10 bits per heavy atom. The van der Waals surface area contributed by atoms with Gasteiger partial charge in [-0.15, -0.1) is 0 Å². The lowest BCUT2D eigenvalue weighted by Crippen LogP contribution is -2.46. The van der Waals surface area contributed by atoms with Gasteiger partial charge >= 0.3 is 0 Å². The van der Waals surface area contributed by atoms with Crippen molar-refractivity contribution in [2.45, 2.75) is 51.1 Å². The Balaban J connectivity index is 1.49. The zero-order valence-corrected chi connectivity index (χ0v) is 24.7. The average molecular weight is 570 g/mol. The number of carbonyl (C=O) groups excluding carboxylic acids is 1. The third kappa shape index (κ3) is 6.34. The number of hydrogen-bond acceptors (Lipinski definition) is 6. The minimum atomic E-state index is -0.372. The Kier molecular flexibility index (Phi) is 9.22. The van der Waals surface area contributed by atoms with Crippen LogP contribution in [0.4, 0.5) is 15.9 Å². The molecule has 3 aromatic rings. The molecule has 8 heteroatoms. The number of halogens is 1. The van der Waals surface area contributed by atoms with Gasteiger partial charge < -0.3 is 19.9 Å². The number of benzene rings is 2. The third-order valence-electron chi connectivity index (χ3n) is 7.98. The first-order valence-electron chi connectivity index (χ1n) is 14.7. The van der Waals surface area contributed by atoms with Crippen LogP contribution < -0.4 is 15.0 Å². The highest BCUT2D eigenvalue weighted by atomic mass is 19.1. The second kappa shape index (κ2) is 13.2. The zero-order chi connectivity index (χ0) is 29.6. The smallest absolute Gasteiger partial charge is 0.207 e. The van der Waals surface area contributed by atoms with Gasteiger partial charge in [-0.2, -0.15) is 0 Å². The molecule has 2 aliphatic rings. The highest BCUT2D eigenvalue weighted by molar-refractivity contribution is 5.85. The molecule has 0 radical (unpaired) electrons. The van der Waals surface area contributed by atoms with E-state index in [0.29, 0.717) is 12.4 Å². The first kappa shape index (κ1) is 29.3. The van der Waals surface area contributed by atoms with Gasteiger partial charge in [-0.3, -0.25) is 9.69 Å². The van der Waals surface area contributed by atoms with E-state index in [9.17, 15) is 9.18 Å². The lowest BCUT2D eigenvalue weighted by molar-refractivity contribution is -0.110. The summed E-state index contributed by atoms with van der Waals surface area (Å²) in [5.41, 5.74) is 4.71. The maximum Gasteiger partial charge on any atom is 0.207 e. The van der Waals surface area contributed by atoms with E-state index < -0.39 is 0 Å². The van der Waals surface area contributed by atoms with Gasteiger partial charge in [0.2, 0.25) is 6.41 Å². The Bertz CT molecular complexity index is 1430. The zero-order valence-electron chi connectivity index (χ0n) is 24.7. The number of nitrogens with zero attached hydrogens (tertiary/aromatic N) is 4. The van der Waals surface area contributed by atoms with Crippen molar-refractivity contribution in [3.8, 4) is 16.9 Å². The molecule has 5 rings (SSSR count). The number of allylic oxidation sites excluding steroid dienone is 1. The van der Waals surface area contributed by atoms with Gasteiger partial charge in [-0.1, -0.05) is 43.8 Å². The Morgan fingerprint density at radius 2 is 1.86 bits per heavy atom. The molecule has 0 saturated heterocycles. The number of amides is 1. The fourth-order valence-electron chi connectivity index (χ4n) is 5.89. The summed E-state index contributed by atoms with van der Waals surface area (Å²) in [5, 5.41) is 2.94. The van der Waals surface area contributed by atoms with E-state index in [0.717, 1.165) is 84.7 Å². The summed E-state index contributed by atoms with van der Waals surface area (Å²) in [7, 11) is 4.05. The van der Waals surface area contributed by atoms with Crippen LogP contribution in [0.1, 0.15) is 44.6 Å². The van der Waals surface area contributed by atoms with Gasteiger partial charge in [0.1, 0.15) is 29.8 Å². The number of rotatable bonds is 10. The van der Waals surface area contributed by atoms with Gasteiger partial charge in [0, 0.05) is 35.6 Å². The van der Waals surface area contributed by atoms with Crippen molar-refractivity contribution in [2.24, 2.45) is 0 Å². The Labute approximate surface area is 248 Å². The van der Waals surface area contributed by atoms with Gasteiger partial charge in [-0.05, 0) is 87.7 Å². The highest BCUT2D eigenvalue weighted by Crippen LogP contribution is 2.46. The topological polar surface area (TPSA) is 60.9 Å². The lowest BCUT2D eigenvalue weighted by Gasteiger charge is -2.47. The monoisotopic (exact) mass is 569 g/mol. The fourth-order valence-corrected chi connectivity index (χ4v) is 5.89. The molecule has 42 heavy (non-hydrogen) atoms. The van der Waals surface area contributed by atoms with E-state index in [-0.39, 0.29) is 17.9 Å². The first-order chi connectivity index (χ1) is 20.4. The molecule has 1 fully saturated rings. The molecular formula is C34H40FN5O2. The van der Waals surface area contributed by atoms with E-state index >= 15 is 0 Å². The minimum Gasteiger partial charge on any atom is -0.492 e. The quantitative estimate of drug-likeness (QED) is 0.279. The number of likely N-dealkylation sites (N-methyl/N-ethyl adjacent to an activating group) is 1. The Morgan fingerprint density at radius 3 is 2.55 bits per heavy atom. The molecule has 1 amide bonds. The summed E-state index contributed by atoms with van der Waals surface area (Å²) in [5.74, 6) is 1.92. The molecule has 0 bridgehead atoms. The van der Waals surface area contributed by atoms with Crippen LogP contribution in [0.2, 0.25) is 0 Å². The van der Waals surface area contributed by atoms with Crippen LogP contribution in [0, 0.1) is 5.82 Å². The number of carbonyl (C=O) groups is 1. The predicted octanol–water partition coefficient (Wildman–Crippen LogP) is 6.56. The number of anilines is 2. The number of pyridine rings is 1. The maximum atomic E-state index is 14.7. The van der Waals surface area contributed by atoms with Crippen LogP contribution in [0.5, 0.6) is 5.75 Å². The van der Waals surface area contributed by atoms with Crippen molar-refractivity contribution in [2.75, 3.05) is 32.1 Å². The Hall–Kier alpha value is -4.17. The molecule has 2 aromatic carbocycles. The molecule has 1 aromatic heterocycles. The number of hydrogen-bond donors (Lipinski definition) is 1. The number of nitrogens with one attached hydrogen (secondary N) is 1. The summed E-state index contributed by atoms with van der Waals surface area (Å²) in [6, 6.07) is 18.3. The molecule has 0 atom stereocenters. The third-order valence-corrected chi connectivity index (χ3v) is 7.98. The molecule has 0 spiro atoms. The van der Waals surface area contributed by atoms with Gasteiger partial charge in [0.15, 0.2) is 0 Å². The summed E-state index contributed by atoms with van der Waals surface area (Å²) < 4.78 is 20.5. The van der Waals surface area contributed by atoms with Gasteiger partial charge in [-0.25, -0.2) is 9.37 Å². The van der Waals surface area contributed by atoms with Crippen LogP contribution in [-0.4, -0.2) is 60.5 Å². The molecular weight excluding hydrogens is 529 g/mol. The van der Waals surface area contributed by atoms with Crippen LogP contribution in [0.15, 0.2) is 79.3 Å². The summed E-state index contributed by atoms with van der Waals surface area (Å²) in [4.78, 5) is 22.0. The number of ether oxygens (including phenoxy) is 1. The molecule has 1 aliphatic heterocycles. The second-order valence-corrected chi connectivity index (χ2v) is 11.2. The normalized spacial score (nSPS) is 19.6. The molecule has 1 saturated carbocycles. The predicted molar refractivity (Wildman–Crippen MR) is 167 cm³/mol. The maximum absolute atomic E-state index is 14.7. The molecule has 2 heterocycles. The van der Waals surface area contributed by atoms with Crippen LogP contribution in [0.3, 0.4) is 0 Å². The van der Waals surface area contributed by atoms with E-state index in [1.807, 2.05) is 43.3 Å². The van der Waals surface area contributed by atoms with Crippen molar-refractivity contribution >= 4 is 23.6 Å². The van der Waals surface area contributed by atoms with Gasteiger partial charge in [0.05, 0.1) is 6.20 Å². The van der Waals surface area contributed by atoms with Crippen LogP contribution in [-0.2, 0) is 4.79 Å². The lowest BCUT2D eigenvalue weighted by atomic mass is 9.88. The minimum absolute atomic E-state index is 0.169. The molecule has 7 nitrogen and oxygen atoms in total. The number of aromatic nitrogens is 1. The summed E-state index contributed by atoms with van der Waals surface area (Å²) in [6.45, 7) is 8.15.